The Bertz CT molecular complexity index is 621. The molecule has 0 bridgehead atoms. The third kappa shape index (κ3) is 3.63. The second-order valence-electron chi connectivity index (χ2n) is 7.26. The predicted octanol–water partition coefficient (Wildman–Crippen LogP) is 3.98. The lowest BCUT2D eigenvalue weighted by atomic mass is 10.1. The SMILES string of the molecule is CN(C)C.C[Si](C)(C)c1cccc2c1Cc1ccccc1-2. The van der Waals surface area contributed by atoms with Crippen LogP contribution in [0.4, 0.5) is 0 Å². The minimum atomic E-state index is -1.23. The fraction of sp³-hybridized carbons (Fsp3) is 0.368. The van der Waals surface area contributed by atoms with Crippen molar-refractivity contribution in [2.75, 3.05) is 21.1 Å². The summed E-state index contributed by atoms with van der Waals surface area (Å²) in [5, 5.41) is 1.63. The molecule has 0 aromatic heterocycles. The molecule has 0 heterocycles. The van der Waals surface area contributed by atoms with Crippen molar-refractivity contribution in [1.82, 2.24) is 4.90 Å². The highest BCUT2D eigenvalue weighted by molar-refractivity contribution is 6.89. The largest absolute Gasteiger partial charge is 0.312 e. The quantitative estimate of drug-likeness (QED) is 0.614. The van der Waals surface area contributed by atoms with Crippen molar-refractivity contribution < 1.29 is 0 Å². The Balaban J connectivity index is 0.000000361. The third-order valence-electron chi connectivity index (χ3n) is 3.66. The summed E-state index contributed by atoms with van der Waals surface area (Å²) < 4.78 is 0. The van der Waals surface area contributed by atoms with Gasteiger partial charge in [-0.1, -0.05) is 67.3 Å². The molecule has 2 aromatic carbocycles. The lowest BCUT2D eigenvalue weighted by molar-refractivity contribution is 0.505. The van der Waals surface area contributed by atoms with Crippen molar-refractivity contribution in [1.29, 1.82) is 0 Å². The van der Waals surface area contributed by atoms with Crippen LogP contribution in [0.15, 0.2) is 42.5 Å². The highest BCUT2D eigenvalue weighted by Crippen LogP contribution is 2.35. The van der Waals surface area contributed by atoms with E-state index in [0.717, 1.165) is 6.42 Å². The number of benzene rings is 2. The van der Waals surface area contributed by atoms with E-state index in [1.807, 2.05) is 26.0 Å². The van der Waals surface area contributed by atoms with Crippen LogP contribution < -0.4 is 5.19 Å². The van der Waals surface area contributed by atoms with E-state index in [9.17, 15) is 0 Å². The Morgan fingerprint density at radius 1 is 0.810 bits per heavy atom. The van der Waals surface area contributed by atoms with Crippen LogP contribution in [-0.4, -0.2) is 34.1 Å². The van der Waals surface area contributed by atoms with E-state index in [2.05, 4.69) is 62.1 Å². The van der Waals surface area contributed by atoms with Crippen LogP contribution in [0.1, 0.15) is 11.1 Å². The highest BCUT2D eigenvalue weighted by atomic mass is 28.3. The van der Waals surface area contributed by atoms with E-state index < -0.39 is 8.07 Å². The predicted molar refractivity (Wildman–Crippen MR) is 97.3 cm³/mol. The first-order valence-corrected chi connectivity index (χ1v) is 11.1. The van der Waals surface area contributed by atoms with E-state index >= 15 is 0 Å². The fourth-order valence-electron chi connectivity index (χ4n) is 2.86. The first-order valence-electron chi connectivity index (χ1n) is 7.62. The van der Waals surface area contributed by atoms with Gasteiger partial charge < -0.3 is 4.90 Å². The summed E-state index contributed by atoms with van der Waals surface area (Å²) in [6, 6.07) is 15.7. The summed E-state index contributed by atoms with van der Waals surface area (Å²) in [5.74, 6) is 0. The molecule has 0 N–H and O–H groups in total. The molecule has 2 aromatic rings. The molecule has 0 aliphatic heterocycles. The first-order chi connectivity index (χ1) is 9.80. The average Bonchev–Trinajstić information content (AvgIpc) is 2.75. The van der Waals surface area contributed by atoms with Crippen molar-refractivity contribution >= 4 is 13.3 Å². The zero-order valence-electron chi connectivity index (χ0n) is 14.2. The summed E-state index contributed by atoms with van der Waals surface area (Å²) in [6.07, 6.45) is 1.13. The summed E-state index contributed by atoms with van der Waals surface area (Å²) in [6.45, 7) is 7.31. The monoisotopic (exact) mass is 297 g/mol. The fourth-order valence-corrected chi connectivity index (χ4v) is 4.58. The van der Waals surface area contributed by atoms with E-state index in [1.165, 1.54) is 16.7 Å². The van der Waals surface area contributed by atoms with Crippen LogP contribution >= 0.6 is 0 Å². The van der Waals surface area contributed by atoms with Gasteiger partial charge in [0.1, 0.15) is 0 Å². The van der Waals surface area contributed by atoms with Crippen LogP contribution in [0.3, 0.4) is 0 Å². The maximum absolute atomic E-state index is 2.44. The van der Waals surface area contributed by atoms with E-state index in [4.69, 9.17) is 0 Å². The molecule has 0 saturated carbocycles. The molecule has 0 radical (unpaired) electrons. The van der Waals surface area contributed by atoms with Crippen molar-refractivity contribution in [3.05, 3.63) is 53.6 Å². The van der Waals surface area contributed by atoms with Gasteiger partial charge in [0, 0.05) is 0 Å². The lowest BCUT2D eigenvalue weighted by Crippen LogP contribution is -2.39. The van der Waals surface area contributed by atoms with Gasteiger partial charge in [0.2, 0.25) is 0 Å². The Kier molecular flexibility index (Phi) is 4.69. The standard InChI is InChI=1S/C16H18Si.C3H9N/c1-17(2,3)16-10-6-9-14-13-8-5-4-7-12(13)11-15(14)16;1-4(2)3/h4-10H,11H2,1-3H3;1-3H3. The van der Waals surface area contributed by atoms with Crippen molar-refractivity contribution in [2.24, 2.45) is 0 Å². The molecule has 3 rings (SSSR count). The second-order valence-corrected chi connectivity index (χ2v) is 12.3. The maximum atomic E-state index is 2.44. The van der Waals surface area contributed by atoms with Crippen LogP contribution in [0.25, 0.3) is 11.1 Å². The number of hydrogen-bond acceptors (Lipinski definition) is 1. The van der Waals surface area contributed by atoms with Crippen molar-refractivity contribution in [3.63, 3.8) is 0 Å². The molecule has 1 aliphatic rings. The zero-order chi connectivity index (χ0) is 15.6. The molecular weight excluding hydrogens is 270 g/mol. The van der Waals surface area contributed by atoms with Gasteiger partial charge >= 0.3 is 0 Å². The van der Waals surface area contributed by atoms with Gasteiger partial charge in [0.15, 0.2) is 0 Å². The van der Waals surface area contributed by atoms with Gasteiger partial charge in [-0.2, -0.15) is 0 Å². The third-order valence-corrected chi connectivity index (χ3v) is 5.74. The Morgan fingerprint density at radius 2 is 1.38 bits per heavy atom. The second kappa shape index (κ2) is 6.16. The number of fused-ring (bicyclic) bond motifs is 3. The van der Waals surface area contributed by atoms with Gasteiger partial charge in [-0.15, -0.1) is 0 Å². The smallest absolute Gasteiger partial charge is 0.0779 e. The maximum Gasteiger partial charge on any atom is 0.0779 e. The average molecular weight is 298 g/mol. The Hall–Kier alpha value is -1.38. The Labute approximate surface area is 130 Å². The van der Waals surface area contributed by atoms with Crippen LogP contribution in [0, 0.1) is 0 Å². The van der Waals surface area contributed by atoms with E-state index in [1.54, 1.807) is 10.8 Å². The summed E-state index contributed by atoms with van der Waals surface area (Å²) in [5.41, 5.74) is 6.00. The Morgan fingerprint density at radius 3 is 2.00 bits per heavy atom. The first kappa shape index (κ1) is 16.0. The molecular formula is C19H27NSi. The van der Waals surface area contributed by atoms with E-state index in [0.29, 0.717) is 0 Å². The number of hydrogen-bond donors (Lipinski definition) is 0. The molecule has 1 aliphatic carbocycles. The van der Waals surface area contributed by atoms with Crippen LogP contribution in [-0.2, 0) is 6.42 Å². The summed E-state index contributed by atoms with van der Waals surface area (Å²) >= 11 is 0. The lowest BCUT2D eigenvalue weighted by Gasteiger charge is -2.20. The van der Waals surface area contributed by atoms with Crippen LogP contribution in [0.5, 0.6) is 0 Å². The molecule has 0 unspecified atom stereocenters. The molecule has 21 heavy (non-hydrogen) atoms. The highest BCUT2D eigenvalue weighted by Gasteiger charge is 2.26. The molecule has 0 amide bonds. The number of nitrogens with zero attached hydrogens (tertiary/aromatic N) is 1. The van der Waals surface area contributed by atoms with Crippen LogP contribution in [0.2, 0.25) is 19.6 Å². The molecule has 0 fully saturated rings. The molecule has 2 heteroatoms. The number of rotatable bonds is 1. The molecule has 0 spiro atoms. The van der Waals surface area contributed by atoms with Gasteiger partial charge in [-0.25, -0.2) is 0 Å². The summed E-state index contributed by atoms with van der Waals surface area (Å²) in [7, 11) is 4.77. The van der Waals surface area contributed by atoms with Gasteiger partial charge in [0.25, 0.3) is 0 Å². The normalized spacial score (nSPS) is 12.5. The topological polar surface area (TPSA) is 3.24 Å². The summed E-state index contributed by atoms with van der Waals surface area (Å²) in [4.78, 5) is 2.00. The molecule has 0 atom stereocenters. The van der Waals surface area contributed by atoms with Crippen molar-refractivity contribution in [3.8, 4) is 11.1 Å². The van der Waals surface area contributed by atoms with Gasteiger partial charge in [-0.3, -0.25) is 0 Å². The van der Waals surface area contributed by atoms with Gasteiger partial charge in [-0.05, 0) is 49.8 Å². The van der Waals surface area contributed by atoms with Gasteiger partial charge in [0.05, 0.1) is 8.07 Å². The van der Waals surface area contributed by atoms with Crippen molar-refractivity contribution in [2.45, 2.75) is 26.1 Å². The molecule has 0 saturated heterocycles. The minimum Gasteiger partial charge on any atom is -0.312 e. The minimum absolute atomic E-state index is 1.13. The van der Waals surface area contributed by atoms with E-state index in [-0.39, 0.29) is 0 Å². The molecule has 1 nitrogen and oxygen atoms in total. The molecule has 112 valence electrons. The zero-order valence-corrected chi connectivity index (χ0v) is 15.2.